The van der Waals surface area contributed by atoms with Crippen LogP contribution < -0.4 is 29.6 Å². The Hall–Kier alpha value is 0.340. The van der Waals surface area contributed by atoms with E-state index in [2.05, 4.69) is 6.92 Å². The molecule has 0 spiro atoms. The number of carboxylic acid groups (broad SMARTS) is 1. The second-order valence-electron chi connectivity index (χ2n) is 5.11. The zero-order valence-corrected chi connectivity index (χ0v) is 16.7. The summed E-state index contributed by atoms with van der Waals surface area (Å²) in [5.41, 5.74) is 0. The third kappa shape index (κ3) is 42.8. The van der Waals surface area contributed by atoms with Crippen LogP contribution in [0.1, 0.15) is 84.0 Å². The van der Waals surface area contributed by atoms with Crippen LogP contribution >= 0.6 is 0 Å². The molecule has 128 valence electrons. The van der Waals surface area contributed by atoms with E-state index in [4.69, 9.17) is 22.6 Å². The zero-order valence-electron chi connectivity index (χ0n) is 13.9. The first-order chi connectivity index (χ1) is 9.77. The minimum atomic E-state index is -4.92. The average molecular weight is 348 g/mol. The van der Waals surface area contributed by atoms with Gasteiger partial charge in [0, 0.05) is 6.42 Å². The normalized spacial score (nSPS) is 10.3. The molecule has 0 fully saturated rings. The first-order valence-corrected chi connectivity index (χ1v) is 9.04. The standard InChI is InChI=1S/C14H28O2.Na.H2O4S/c1-2-3-4-5-6-7-8-9-10-11-12-13-14(15)16;;1-5(2,3)4/h2-13H2,1H3,(H,15,16);;(H2,1,2,3,4)/q;+1;/p-1. The summed E-state index contributed by atoms with van der Waals surface area (Å²) in [7, 11) is -4.92. The van der Waals surface area contributed by atoms with Crippen LogP contribution in [0.2, 0.25) is 0 Å². The van der Waals surface area contributed by atoms with E-state index in [9.17, 15) is 4.79 Å². The molecular formula is C14H29NaO6S. The third-order valence-corrected chi connectivity index (χ3v) is 2.99. The Balaban J connectivity index is -0.000000520. The summed E-state index contributed by atoms with van der Waals surface area (Å²) < 4.78 is 32.8. The molecule has 22 heavy (non-hydrogen) atoms. The number of rotatable bonds is 12. The average Bonchev–Trinajstić information content (AvgIpc) is 2.33. The van der Waals surface area contributed by atoms with Crippen LogP contribution in [-0.2, 0) is 15.2 Å². The van der Waals surface area contributed by atoms with E-state index >= 15 is 0 Å². The van der Waals surface area contributed by atoms with Crippen LogP contribution in [0.4, 0.5) is 0 Å². The van der Waals surface area contributed by atoms with Gasteiger partial charge in [0.15, 0.2) is 0 Å². The molecule has 6 nitrogen and oxygen atoms in total. The second kappa shape index (κ2) is 19.4. The number of unbranched alkanes of at least 4 members (excludes halogenated alkanes) is 10. The minimum Gasteiger partial charge on any atom is -0.726 e. The molecular weight excluding hydrogens is 319 g/mol. The molecule has 0 saturated carbocycles. The molecule has 0 saturated heterocycles. The molecule has 0 aliphatic rings. The first-order valence-electron chi connectivity index (χ1n) is 7.67. The summed E-state index contributed by atoms with van der Waals surface area (Å²) >= 11 is 0. The minimum absolute atomic E-state index is 0. The summed E-state index contributed by atoms with van der Waals surface area (Å²) in [6.07, 6.45) is 14.4. The Morgan fingerprint density at radius 1 is 0.864 bits per heavy atom. The molecule has 0 atom stereocenters. The molecule has 0 radical (unpaired) electrons. The Bertz CT molecular complexity index is 324. The van der Waals surface area contributed by atoms with Gasteiger partial charge in [0.05, 0.1) is 0 Å². The third-order valence-electron chi connectivity index (χ3n) is 2.99. The Morgan fingerprint density at radius 3 is 1.41 bits per heavy atom. The first kappa shape index (κ1) is 27.2. The maximum atomic E-state index is 10.3. The zero-order chi connectivity index (χ0) is 16.6. The van der Waals surface area contributed by atoms with Gasteiger partial charge in [-0.3, -0.25) is 9.35 Å². The van der Waals surface area contributed by atoms with Crippen molar-refractivity contribution in [2.24, 2.45) is 0 Å². The molecule has 0 unspecified atom stereocenters. The topological polar surface area (TPSA) is 115 Å². The van der Waals surface area contributed by atoms with Crippen LogP contribution in [0.15, 0.2) is 0 Å². The molecule has 8 heteroatoms. The molecule has 0 aromatic rings. The molecule has 0 aliphatic heterocycles. The predicted molar refractivity (Wildman–Crippen MR) is 81.0 cm³/mol. The molecule has 0 aliphatic carbocycles. The maximum Gasteiger partial charge on any atom is 1.00 e. The van der Waals surface area contributed by atoms with Crippen molar-refractivity contribution in [2.45, 2.75) is 84.0 Å². The van der Waals surface area contributed by atoms with Gasteiger partial charge in [0.25, 0.3) is 0 Å². The second-order valence-corrected chi connectivity index (χ2v) is 5.96. The van der Waals surface area contributed by atoms with E-state index in [-0.39, 0.29) is 29.6 Å². The molecule has 0 rings (SSSR count). The number of hydrogen-bond donors (Lipinski definition) is 2. The van der Waals surface area contributed by atoms with Gasteiger partial charge >= 0.3 is 35.5 Å². The summed E-state index contributed by atoms with van der Waals surface area (Å²) in [6, 6.07) is 0. The van der Waals surface area contributed by atoms with Crippen LogP contribution in [0, 0.1) is 0 Å². The van der Waals surface area contributed by atoms with Crippen LogP contribution in [-0.4, -0.2) is 28.6 Å². The van der Waals surface area contributed by atoms with Crippen LogP contribution in [0.25, 0.3) is 0 Å². The maximum absolute atomic E-state index is 10.3. The largest absolute Gasteiger partial charge is 1.00 e. The van der Waals surface area contributed by atoms with Crippen molar-refractivity contribution in [3.05, 3.63) is 0 Å². The molecule has 0 bridgehead atoms. The van der Waals surface area contributed by atoms with Gasteiger partial charge in [-0.25, -0.2) is 8.42 Å². The molecule has 0 aromatic carbocycles. The summed E-state index contributed by atoms with van der Waals surface area (Å²) in [5.74, 6) is -0.657. The van der Waals surface area contributed by atoms with Crippen molar-refractivity contribution in [3.63, 3.8) is 0 Å². The number of carboxylic acids is 1. The van der Waals surface area contributed by atoms with Crippen molar-refractivity contribution < 1.29 is 57.0 Å². The van der Waals surface area contributed by atoms with Crippen molar-refractivity contribution in [2.75, 3.05) is 0 Å². The van der Waals surface area contributed by atoms with E-state index in [0.29, 0.717) is 6.42 Å². The fourth-order valence-electron chi connectivity index (χ4n) is 1.94. The van der Waals surface area contributed by atoms with Crippen molar-refractivity contribution >= 4 is 16.4 Å². The molecule has 2 N–H and O–H groups in total. The number of hydrogen-bond acceptors (Lipinski definition) is 4. The van der Waals surface area contributed by atoms with E-state index in [1.54, 1.807) is 0 Å². The van der Waals surface area contributed by atoms with Crippen LogP contribution in [0.5, 0.6) is 0 Å². The van der Waals surface area contributed by atoms with Gasteiger partial charge in [-0.05, 0) is 6.42 Å². The fraction of sp³-hybridized carbons (Fsp3) is 0.929. The van der Waals surface area contributed by atoms with Gasteiger partial charge in [0.1, 0.15) is 0 Å². The Morgan fingerprint density at radius 2 is 1.14 bits per heavy atom. The van der Waals surface area contributed by atoms with Gasteiger partial charge in [-0.2, -0.15) is 0 Å². The van der Waals surface area contributed by atoms with Gasteiger partial charge in [0.2, 0.25) is 10.4 Å². The van der Waals surface area contributed by atoms with E-state index in [1.165, 1.54) is 57.8 Å². The number of aliphatic carboxylic acids is 1. The van der Waals surface area contributed by atoms with E-state index in [0.717, 1.165) is 12.8 Å². The monoisotopic (exact) mass is 348 g/mol. The smallest absolute Gasteiger partial charge is 0.726 e. The quantitative estimate of drug-likeness (QED) is 0.233. The molecule has 0 amide bonds. The SMILES string of the molecule is CCCCCCCCCCCCCC(=O)O.O=S(=O)([O-])O.[Na+]. The van der Waals surface area contributed by atoms with Gasteiger partial charge < -0.3 is 9.66 Å². The summed E-state index contributed by atoms with van der Waals surface area (Å²) in [6.45, 7) is 2.25. The molecule has 0 aromatic heterocycles. The summed E-state index contributed by atoms with van der Waals surface area (Å²) in [4.78, 5) is 10.3. The summed E-state index contributed by atoms with van der Waals surface area (Å²) in [5, 5.41) is 8.46. The predicted octanol–water partition coefficient (Wildman–Crippen LogP) is 0.781. The van der Waals surface area contributed by atoms with Crippen molar-refractivity contribution in [1.82, 2.24) is 0 Å². The van der Waals surface area contributed by atoms with Crippen molar-refractivity contribution in [3.8, 4) is 0 Å². The number of carbonyl (C=O) groups is 1. The van der Waals surface area contributed by atoms with Crippen molar-refractivity contribution in [1.29, 1.82) is 0 Å². The molecule has 0 heterocycles. The van der Waals surface area contributed by atoms with Gasteiger partial charge in [-0.15, -0.1) is 0 Å². The Kier molecular flexibility index (Phi) is 24.0. The Labute approximate surface area is 156 Å². The van der Waals surface area contributed by atoms with E-state index < -0.39 is 16.4 Å². The van der Waals surface area contributed by atoms with E-state index in [1.807, 2.05) is 0 Å². The fourth-order valence-corrected chi connectivity index (χ4v) is 1.94. The van der Waals surface area contributed by atoms with Crippen LogP contribution in [0.3, 0.4) is 0 Å². The van der Waals surface area contributed by atoms with Gasteiger partial charge in [-0.1, -0.05) is 71.1 Å².